The standard InChI is InChI=1S/C24H36O6S2/c1-5-8-20-21(11-10-19(17(2)25)23(20)28-4)29-13-7-14-31-16-18-15-30-24(3,32-18)12-6-9-22(26)27/h10-11,18H,5-9,12-16H2,1-4H3,(H,26,27). The zero-order chi connectivity index (χ0) is 23.6. The largest absolute Gasteiger partial charge is 0.496 e. The predicted molar refractivity (Wildman–Crippen MR) is 132 cm³/mol. The Balaban J connectivity index is 1.73. The molecule has 1 aliphatic heterocycles. The summed E-state index contributed by atoms with van der Waals surface area (Å²) in [6.45, 7) is 7.06. The number of rotatable bonds is 15. The molecule has 0 spiro atoms. The third kappa shape index (κ3) is 8.19. The molecule has 0 aliphatic carbocycles. The van der Waals surface area contributed by atoms with Gasteiger partial charge in [0.05, 0.1) is 25.9 Å². The van der Waals surface area contributed by atoms with Crippen molar-refractivity contribution in [1.82, 2.24) is 0 Å². The maximum absolute atomic E-state index is 11.9. The maximum Gasteiger partial charge on any atom is 0.303 e. The van der Waals surface area contributed by atoms with Crippen LogP contribution in [0.4, 0.5) is 0 Å². The number of methoxy groups -OCH3 is 1. The Hall–Kier alpha value is -1.38. The smallest absolute Gasteiger partial charge is 0.303 e. The normalized spacial score (nSPS) is 20.3. The number of aliphatic carboxylic acids is 1. The van der Waals surface area contributed by atoms with Crippen molar-refractivity contribution in [3.05, 3.63) is 23.3 Å². The number of carbonyl (C=O) groups is 2. The quantitative estimate of drug-likeness (QED) is 0.260. The molecule has 0 amide bonds. The number of benzene rings is 1. The fourth-order valence-electron chi connectivity index (χ4n) is 3.76. The van der Waals surface area contributed by atoms with Crippen molar-refractivity contribution in [2.24, 2.45) is 0 Å². The van der Waals surface area contributed by atoms with Crippen molar-refractivity contribution in [2.45, 2.75) is 69.5 Å². The molecule has 1 fully saturated rings. The molecular formula is C24H36O6S2. The molecule has 2 atom stereocenters. The predicted octanol–water partition coefficient (Wildman–Crippen LogP) is 5.46. The number of hydrogen-bond donors (Lipinski definition) is 1. The van der Waals surface area contributed by atoms with E-state index >= 15 is 0 Å². The van der Waals surface area contributed by atoms with Gasteiger partial charge in [0.2, 0.25) is 0 Å². The minimum Gasteiger partial charge on any atom is -0.496 e. The first-order valence-corrected chi connectivity index (χ1v) is 13.3. The molecule has 0 aromatic heterocycles. The van der Waals surface area contributed by atoms with Gasteiger partial charge in [-0.25, -0.2) is 0 Å². The van der Waals surface area contributed by atoms with E-state index in [0.717, 1.165) is 55.1 Å². The highest BCUT2D eigenvalue weighted by molar-refractivity contribution is 8.04. The summed E-state index contributed by atoms with van der Waals surface area (Å²) in [6, 6.07) is 3.67. The molecule has 0 bridgehead atoms. The molecule has 1 aromatic rings. The van der Waals surface area contributed by atoms with Crippen LogP contribution in [-0.2, 0) is 16.0 Å². The molecule has 1 heterocycles. The van der Waals surface area contributed by atoms with E-state index in [1.54, 1.807) is 20.1 Å². The second kappa shape index (κ2) is 13.4. The summed E-state index contributed by atoms with van der Waals surface area (Å²) in [7, 11) is 1.60. The van der Waals surface area contributed by atoms with Crippen LogP contribution >= 0.6 is 23.5 Å². The van der Waals surface area contributed by atoms with Crippen LogP contribution in [0.2, 0.25) is 0 Å². The van der Waals surface area contributed by atoms with Crippen LogP contribution in [0.15, 0.2) is 12.1 Å². The fraction of sp³-hybridized carbons (Fsp3) is 0.667. The molecule has 0 saturated carbocycles. The van der Waals surface area contributed by atoms with Crippen LogP contribution in [0.25, 0.3) is 0 Å². The van der Waals surface area contributed by atoms with E-state index in [1.807, 2.05) is 29.6 Å². The Kier molecular flexibility index (Phi) is 11.2. The molecule has 2 rings (SSSR count). The van der Waals surface area contributed by atoms with Crippen molar-refractivity contribution in [1.29, 1.82) is 0 Å². The molecule has 0 radical (unpaired) electrons. The number of carboxylic acids is 1. The lowest BCUT2D eigenvalue weighted by atomic mass is 10.0. The first-order chi connectivity index (χ1) is 15.3. The summed E-state index contributed by atoms with van der Waals surface area (Å²) < 4.78 is 17.5. The first kappa shape index (κ1) is 26.9. The van der Waals surface area contributed by atoms with Gasteiger partial charge in [0.1, 0.15) is 16.4 Å². The summed E-state index contributed by atoms with van der Waals surface area (Å²) >= 11 is 3.73. The van der Waals surface area contributed by atoms with Gasteiger partial charge in [-0.3, -0.25) is 9.59 Å². The Morgan fingerprint density at radius 2 is 2.12 bits per heavy atom. The van der Waals surface area contributed by atoms with Gasteiger partial charge in [0.15, 0.2) is 5.78 Å². The highest BCUT2D eigenvalue weighted by Gasteiger charge is 2.36. The molecule has 2 unspecified atom stereocenters. The summed E-state index contributed by atoms with van der Waals surface area (Å²) in [5.41, 5.74) is 1.57. The molecule has 8 heteroatoms. The van der Waals surface area contributed by atoms with E-state index in [9.17, 15) is 9.59 Å². The number of Topliss-reactive ketones (excluding diaryl/α,β-unsaturated/α-hetero) is 1. The molecule has 180 valence electrons. The minimum atomic E-state index is -0.749. The third-order valence-electron chi connectivity index (χ3n) is 5.31. The Labute approximate surface area is 200 Å². The van der Waals surface area contributed by atoms with Gasteiger partial charge in [0.25, 0.3) is 0 Å². The highest BCUT2D eigenvalue weighted by atomic mass is 32.2. The van der Waals surface area contributed by atoms with E-state index < -0.39 is 5.97 Å². The summed E-state index contributed by atoms with van der Waals surface area (Å²) in [5, 5.41) is 9.24. The van der Waals surface area contributed by atoms with Gasteiger partial charge in [-0.15, -0.1) is 11.8 Å². The van der Waals surface area contributed by atoms with Crippen LogP contribution in [0.3, 0.4) is 0 Å². The van der Waals surface area contributed by atoms with Gasteiger partial charge in [0, 0.05) is 23.0 Å². The van der Waals surface area contributed by atoms with Gasteiger partial charge in [-0.2, -0.15) is 11.8 Å². The van der Waals surface area contributed by atoms with Crippen LogP contribution < -0.4 is 9.47 Å². The average molecular weight is 485 g/mol. The molecule has 6 nitrogen and oxygen atoms in total. The van der Waals surface area contributed by atoms with E-state index in [4.69, 9.17) is 19.3 Å². The monoisotopic (exact) mass is 484 g/mol. The van der Waals surface area contributed by atoms with Crippen molar-refractivity contribution in [2.75, 3.05) is 31.8 Å². The number of hydrogen-bond acceptors (Lipinski definition) is 7. The SMILES string of the molecule is CCCc1c(OCCCSCC2COC(C)(CCCC(=O)O)S2)ccc(C(C)=O)c1OC. The summed E-state index contributed by atoms with van der Waals surface area (Å²) in [5.74, 6) is 2.70. The number of carboxylic acid groups (broad SMARTS) is 1. The van der Waals surface area contributed by atoms with Gasteiger partial charge < -0.3 is 19.3 Å². The Morgan fingerprint density at radius 1 is 1.34 bits per heavy atom. The van der Waals surface area contributed by atoms with Crippen LogP contribution in [0.1, 0.15) is 68.8 Å². The lowest BCUT2D eigenvalue weighted by molar-refractivity contribution is -0.137. The van der Waals surface area contributed by atoms with Crippen LogP contribution in [-0.4, -0.2) is 58.9 Å². The molecule has 1 aliphatic rings. The number of ether oxygens (including phenoxy) is 3. The van der Waals surface area contributed by atoms with Crippen molar-refractivity contribution in [3.63, 3.8) is 0 Å². The first-order valence-electron chi connectivity index (χ1n) is 11.2. The molecule has 32 heavy (non-hydrogen) atoms. The second-order valence-electron chi connectivity index (χ2n) is 8.14. The van der Waals surface area contributed by atoms with E-state index in [1.165, 1.54) is 0 Å². The second-order valence-corrected chi connectivity index (χ2v) is 11.1. The highest BCUT2D eigenvalue weighted by Crippen LogP contribution is 2.42. The van der Waals surface area contributed by atoms with E-state index in [0.29, 0.717) is 29.6 Å². The molecular weight excluding hydrogens is 448 g/mol. The number of carbonyl (C=O) groups excluding carboxylic acids is 1. The van der Waals surface area contributed by atoms with Crippen LogP contribution in [0, 0.1) is 0 Å². The number of thioether (sulfide) groups is 2. The van der Waals surface area contributed by atoms with E-state index in [2.05, 4.69) is 13.8 Å². The van der Waals surface area contributed by atoms with Gasteiger partial charge in [-0.05, 0) is 57.4 Å². The molecule has 1 aromatic carbocycles. The average Bonchev–Trinajstić information content (AvgIpc) is 3.11. The fourth-order valence-corrected chi connectivity index (χ4v) is 6.41. The third-order valence-corrected chi connectivity index (χ3v) is 8.19. The molecule has 1 saturated heterocycles. The topological polar surface area (TPSA) is 82.1 Å². The number of ketones is 1. The Bertz CT molecular complexity index is 769. The minimum absolute atomic E-state index is 0.00565. The lowest BCUT2D eigenvalue weighted by Gasteiger charge is -2.22. The zero-order valence-corrected chi connectivity index (χ0v) is 21.2. The maximum atomic E-state index is 11.9. The lowest BCUT2D eigenvalue weighted by Crippen LogP contribution is -2.19. The van der Waals surface area contributed by atoms with Crippen molar-refractivity contribution < 1.29 is 28.9 Å². The summed E-state index contributed by atoms with van der Waals surface area (Å²) in [4.78, 5) is 22.3. The Morgan fingerprint density at radius 3 is 2.78 bits per heavy atom. The van der Waals surface area contributed by atoms with Gasteiger partial charge in [-0.1, -0.05) is 13.3 Å². The van der Waals surface area contributed by atoms with Crippen molar-refractivity contribution in [3.8, 4) is 11.5 Å². The summed E-state index contributed by atoms with van der Waals surface area (Å²) in [6.07, 6.45) is 4.29. The van der Waals surface area contributed by atoms with Crippen molar-refractivity contribution >= 4 is 35.3 Å². The van der Waals surface area contributed by atoms with Gasteiger partial charge >= 0.3 is 5.97 Å². The van der Waals surface area contributed by atoms with Crippen LogP contribution in [0.5, 0.6) is 11.5 Å². The molecule has 1 N–H and O–H groups in total. The zero-order valence-electron chi connectivity index (χ0n) is 19.6. The van der Waals surface area contributed by atoms with E-state index in [-0.39, 0.29) is 17.1 Å².